The van der Waals surface area contributed by atoms with Gasteiger partial charge in [0.1, 0.15) is 0 Å². The topological polar surface area (TPSA) is 45.3 Å². The van der Waals surface area contributed by atoms with Gasteiger partial charge in [0, 0.05) is 0 Å². The first-order chi connectivity index (χ1) is 19.7. The summed E-state index contributed by atoms with van der Waals surface area (Å²) < 4.78 is 86.9. The van der Waals surface area contributed by atoms with E-state index in [4.69, 9.17) is 17.0 Å². The summed E-state index contributed by atoms with van der Waals surface area (Å²) in [7, 11) is 0. The normalized spacial score (nSPS) is 18.8. The van der Waals surface area contributed by atoms with Crippen LogP contribution >= 0.6 is 32.0 Å². The third-order valence-electron chi connectivity index (χ3n) is 7.17. The standard InChI is InChI=1S/C30H32F6IN3OS/c1-19(37(2)3)41-28(20-10-6-4-7-11-20,21-12-8-5-9-13-21)26-17-25(18-38-26)40-27(42)39-24-15-22(29(31,32)33)14-23(16-24)30(34,35)36/h4-16,19,25-26,38H,17-18H2,1-3H3,(H2,39,40,42)/t19-,25+,26+/m1/s1. The number of ether oxygens (including phenoxy) is 1. The van der Waals surface area contributed by atoms with Gasteiger partial charge in [-0.1, -0.05) is 0 Å². The van der Waals surface area contributed by atoms with Crippen LogP contribution in [0.4, 0.5) is 32.0 Å². The molecule has 0 amide bonds. The van der Waals surface area contributed by atoms with Gasteiger partial charge in [-0.3, -0.25) is 0 Å². The monoisotopic (exact) mass is 723 g/mol. The predicted octanol–water partition coefficient (Wildman–Crippen LogP) is 7.81. The second-order valence-electron chi connectivity index (χ2n) is 10.2. The molecule has 0 radical (unpaired) electrons. The van der Waals surface area contributed by atoms with Gasteiger partial charge in [-0.15, -0.1) is 0 Å². The van der Waals surface area contributed by atoms with Crippen molar-refractivity contribution in [3.63, 3.8) is 0 Å². The summed E-state index contributed by atoms with van der Waals surface area (Å²) >= 11 is 3.92. The molecule has 228 valence electrons. The molecule has 1 aliphatic heterocycles. The summed E-state index contributed by atoms with van der Waals surface area (Å²) in [6.45, 7) is 2.54. The maximum absolute atomic E-state index is 13.3. The summed E-state index contributed by atoms with van der Waals surface area (Å²) in [6.07, 6.45) is -9.38. The third-order valence-corrected chi connectivity index (χ3v) is 11.2. The van der Waals surface area contributed by atoms with E-state index < -0.39 is 54.6 Å². The molecular weight excluding hydrogens is 691 g/mol. The van der Waals surface area contributed by atoms with E-state index in [-0.39, 0.29) is 27.4 Å². The van der Waals surface area contributed by atoms with Crippen molar-refractivity contribution in [2.75, 3.05) is 21.7 Å². The first kappa shape index (κ1) is 32.5. The Balaban J connectivity index is 1.59. The van der Waals surface area contributed by atoms with Crippen LogP contribution in [0.1, 0.15) is 35.6 Å². The van der Waals surface area contributed by atoms with Gasteiger partial charge in [-0.05, 0) is 6.07 Å². The molecule has 1 fully saturated rings. The average Bonchev–Trinajstić information content (AvgIpc) is 3.39. The number of nitrogens with one attached hydrogen (secondary N) is 3. The minimum absolute atomic E-state index is 0.0369. The molecule has 0 saturated carbocycles. The zero-order valence-corrected chi connectivity index (χ0v) is 26.1. The average molecular weight is 724 g/mol. The fraction of sp³-hybridized carbons (Fsp3) is 0.367. The van der Waals surface area contributed by atoms with Gasteiger partial charge in [0.25, 0.3) is 0 Å². The molecule has 3 N–H and O–H groups in total. The van der Waals surface area contributed by atoms with E-state index in [1.807, 2.05) is 60.7 Å². The van der Waals surface area contributed by atoms with E-state index in [2.05, 4.69) is 32.7 Å². The van der Waals surface area contributed by atoms with E-state index in [0.29, 0.717) is 25.1 Å². The summed E-state index contributed by atoms with van der Waals surface area (Å²) in [4.78, 5) is 4.48. The number of halogens is 7. The van der Waals surface area contributed by atoms with Crippen molar-refractivity contribution >= 4 is 42.8 Å². The van der Waals surface area contributed by atoms with E-state index in [1.54, 1.807) is 0 Å². The summed E-state index contributed by atoms with van der Waals surface area (Å²) in [6, 6.07) is 20.7. The van der Waals surface area contributed by atoms with Crippen molar-refractivity contribution in [1.82, 2.24) is 10.6 Å². The Morgan fingerprint density at radius 3 is 1.81 bits per heavy atom. The Bertz CT molecular complexity index is 1280. The van der Waals surface area contributed by atoms with Crippen LogP contribution in [0.25, 0.3) is 0 Å². The van der Waals surface area contributed by atoms with E-state index in [0.717, 1.165) is 11.1 Å². The van der Waals surface area contributed by atoms with E-state index >= 15 is 0 Å². The number of anilines is 1. The van der Waals surface area contributed by atoms with Crippen LogP contribution in [0.3, 0.4) is 0 Å². The Labute approximate surface area is 254 Å². The van der Waals surface area contributed by atoms with Crippen molar-refractivity contribution in [2.24, 2.45) is 0 Å². The summed E-state index contributed by atoms with van der Waals surface area (Å²) in [5, 5.41) is 9.08. The van der Waals surface area contributed by atoms with Gasteiger partial charge < -0.3 is 0 Å². The van der Waals surface area contributed by atoms with Crippen LogP contribution in [0, 0.1) is 0 Å². The van der Waals surface area contributed by atoms with Crippen molar-refractivity contribution < 1.29 is 31.1 Å². The van der Waals surface area contributed by atoms with Crippen molar-refractivity contribution in [3.8, 4) is 0 Å². The van der Waals surface area contributed by atoms with Gasteiger partial charge in [0.05, 0.1) is 0 Å². The molecule has 3 atom stereocenters. The van der Waals surface area contributed by atoms with Crippen molar-refractivity contribution in [1.29, 1.82) is 0 Å². The van der Waals surface area contributed by atoms with Crippen molar-refractivity contribution in [3.05, 3.63) is 101 Å². The third kappa shape index (κ3) is 7.56. The van der Waals surface area contributed by atoms with Gasteiger partial charge in [-0.25, -0.2) is 0 Å². The molecule has 1 aliphatic rings. The van der Waals surface area contributed by atoms with Crippen LogP contribution in [0.2, 0.25) is 0 Å². The molecule has 12 heteroatoms. The maximum atomic E-state index is 13.3. The zero-order valence-electron chi connectivity index (χ0n) is 23.1. The fourth-order valence-electron chi connectivity index (χ4n) is 5.04. The Hall–Kier alpha value is -2.42. The first-order valence-corrected chi connectivity index (χ1v) is 19.0. The molecule has 42 heavy (non-hydrogen) atoms. The first-order valence-electron chi connectivity index (χ1n) is 13.1. The van der Waals surface area contributed by atoms with E-state index in [1.165, 1.54) is 0 Å². The molecule has 4 rings (SSSR count). The summed E-state index contributed by atoms with van der Waals surface area (Å²) in [5.41, 5.74) is -2.13. The molecule has 0 unspecified atom stereocenters. The predicted molar refractivity (Wildman–Crippen MR) is 166 cm³/mol. The minimum atomic E-state index is -4.95. The number of alkyl halides is 9. The van der Waals surface area contributed by atoms with Crippen LogP contribution in [0.5, 0.6) is 0 Å². The van der Waals surface area contributed by atoms with Crippen LogP contribution in [0.15, 0.2) is 78.9 Å². The Morgan fingerprint density at radius 1 is 0.857 bits per heavy atom. The molecule has 1 heterocycles. The molecule has 0 aliphatic carbocycles. The molecular formula is C30H32F6IN3OS. The van der Waals surface area contributed by atoms with Crippen molar-refractivity contribution in [2.45, 2.75) is 47.5 Å². The number of hydrogen-bond donors (Lipinski definition) is 3. The molecule has 3 aromatic rings. The number of benzene rings is 3. The van der Waals surface area contributed by atoms with Crippen LogP contribution in [-0.4, -0.2) is 37.7 Å². The fourth-order valence-corrected chi connectivity index (χ4v) is 6.23. The Kier molecular flexibility index (Phi) is 10.1. The van der Waals surface area contributed by atoms with E-state index in [9.17, 15) is 26.3 Å². The molecule has 3 aromatic carbocycles. The SMILES string of the molecule is C[C@@H](OC(c1ccccc1)(c1ccccc1)[C@@H]1C[C@H](NC(=S)Nc2cc(C(F)(F)F)cc(C(F)(F)F)c2)CN1)I(C)C. The van der Waals surface area contributed by atoms with Gasteiger partial charge >= 0.3 is 222 Å². The molecule has 4 nitrogen and oxygen atoms in total. The second kappa shape index (κ2) is 13.1. The molecule has 0 spiro atoms. The summed E-state index contributed by atoms with van der Waals surface area (Å²) in [5.74, 6) is 0. The second-order valence-corrected chi connectivity index (χ2v) is 17.0. The number of rotatable bonds is 8. The molecule has 0 aromatic heterocycles. The molecule has 1 saturated heterocycles. The number of hydrogen-bond acceptors (Lipinski definition) is 3. The Morgan fingerprint density at radius 2 is 1.36 bits per heavy atom. The molecule has 0 bridgehead atoms. The van der Waals surface area contributed by atoms with Gasteiger partial charge in [-0.2, -0.15) is 26.3 Å². The quantitative estimate of drug-likeness (QED) is 0.0959. The zero-order chi connectivity index (χ0) is 30.7. The van der Waals surface area contributed by atoms with Crippen LogP contribution in [-0.2, 0) is 22.7 Å². The number of thiocarbonyl (C=S) groups is 1. The van der Waals surface area contributed by atoms with Crippen LogP contribution < -0.4 is 16.0 Å². The van der Waals surface area contributed by atoms with Gasteiger partial charge in [0.15, 0.2) is 0 Å². The van der Waals surface area contributed by atoms with Gasteiger partial charge in [0.2, 0.25) is 0 Å².